The second kappa shape index (κ2) is 4.89. The number of rotatable bonds is 3. The number of aryl methyl sites for hydroxylation is 1. The smallest absolute Gasteiger partial charge is 0.408 e. The highest BCUT2D eigenvalue weighted by atomic mass is 16.4. The van der Waals surface area contributed by atoms with Crippen LogP contribution in [0.1, 0.15) is 13.8 Å². The highest BCUT2D eigenvalue weighted by Crippen LogP contribution is 2.18. The summed E-state index contributed by atoms with van der Waals surface area (Å²) in [5.74, 6) is -0.867. The van der Waals surface area contributed by atoms with E-state index in [-0.39, 0.29) is 17.9 Å². The van der Waals surface area contributed by atoms with Crippen LogP contribution >= 0.6 is 0 Å². The van der Waals surface area contributed by atoms with Gasteiger partial charge in [-0.3, -0.25) is 9.36 Å². The van der Waals surface area contributed by atoms with E-state index < -0.39 is 5.76 Å². The third-order valence-corrected chi connectivity index (χ3v) is 3.26. The number of nitrogens with one attached hydrogen (secondary N) is 1. The van der Waals surface area contributed by atoms with E-state index in [4.69, 9.17) is 10.2 Å². The molecule has 2 aromatic rings. The van der Waals surface area contributed by atoms with Gasteiger partial charge in [-0.15, -0.1) is 0 Å². The molecule has 0 aliphatic carbocycles. The number of hydrogen-bond donors (Lipinski definition) is 2. The summed E-state index contributed by atoms with van der Waals surface area (Å²) >= 11 is 0. The Balaban J connectivity index is 2.29. The summed E-state index contributed by atoms with van der Waals surface area (Å²) in [6.07, 6.45) is 0. The molecule has 0 aliphatic heterocycles. The summed E-state index contributed by atoms with van der Waals surface area (Å²) in [7, 11) is 1.62. The van der Waals surface area contributed by atoms with Crippen molar-refractivity contribution in [3.8, 4) is 0 Å². The Kier molecular flexibility index (Phi) is 3.44. The molecule has 0 fully saturated rings. The molecule has 1 aromatic heterocycles. The number of nitrogens with two attached hydrogens (primary N) is 1. The van der Waals surface area contributed by atoms with Crippen molar-refractivity contribution in [2.75, 3.05) is 5.32 Å². The second-order valence-electron chi connectivity index (χ2n) is 4.75. The van der Waals surface area contributed by atoms with E-state index in [1.165, 1.54) is 4.57 Å². The zero-order valence-corrected chi connectivity index (χ0v) is 11.1. The number of nitrogens with zero attached hydrogens (tertiary/aromatic N) is 1. The third-order valence-electron chi connectivity index (χ3n) is 3.26. The van der Waals surface area contributed by atoms with Crippen LogP contribution < -0.4 is 16.8 Å². The number of amides is 1. The van der Waals surface area contributed by atoms with E-state index in [2.05, 4.69) is 5.32 Å². The van der Waals surface area contributed by atoms with Crippen LogP contribution in [0.5, 0.6) is 0 Å². The monoisotopic (exact) mass is 263 g/mol. The van der Waals surface area contributed by atoms with E-state index in [0.717, 1.165) is 0 Å². The van der Waals surface area contributed by atoms with Gasteiger partial charge in [0.25, 0.3) is 0 Å². The van der Waals surface area contributed by atoms with Crippen LogP contribution in [0, 0.1) is 5.92 Å². The first-order valence-corrected chi connectivity index (χ1v) is 6.06. The van der Waals surface area contributed by atoms with Gasteiger partial charge in [-0.25, -0.2) is 4.79 Å². The third kappa shape index (κ3) is 2.53. The van der Waals surface area contributed by atoms with Crippen molar-refractivity contribution in [1.82, 2.24) is 4.57 Å². The highest BCUT2D eigenvalue weighted by molar-refractivity contribution is 5.94. The van der Waals surface area contributed by atoms with Crippen LogP contribution in [0.2, 0.25) is 0 Å². The quantitative estimate of drug-likeness (QED) is 0.866. The van der Waals surface area contributed by atoms with Crippen LogP contribution in [0.3, 0.4) is 0 Å². The molecule has 0 spiro atoms. The van der Waals surface area contributed by atoms with Crippen LogP contribution in [-0.2, 0) is 11.8 Å². The number of aromatic nitrogens is 1. The summed E-state index contributed by atoms with van der Waals surface area (Å²) in [6, 6.07) is 4.83. The normalized spacial score (nSPS) is 14.3. The molecular formula is C13H17N3O3. The van der Waals surface area contributed by atoms with Gasteiger partial charge in [-0.2, -0.15) is 0 Å². The molecule has 6 heteroatoms. The summed E-state index contributed by atoms with van der Waals surface area (Å²) < 4.78 is 6.41. The second-order valence-corrected chi connectivity index (χ2v) is 4.75. The summed E-state index contributed by atoms with van der Waals surface area (Å²) in [5.41, 5.74) is 7.43. The van der Waals surface area contributed by atoms with Gasteiger partial charge in [-0.1, -0.05) is 6.92 Å². The molecule has 6 nitrogen and oxygen atoms in total. The van der Waals surface area contributed by atoms with Crippen molar-refractivity contribution in [3.63, 3.8) is 0 Å². The summed E-state index contributed by atoms with van der Waals surface area (Å²) in [6.45, 7) is 3.55. The molecule has 3 N–H and O–H groups in total. The Morgan fingerprint density at radius 2 is 2.11 bits per heavy atom. The Hall–Kier alpha value is -2.08. The maximum absolute atomic E-state index is 11.9. The van der Waals surface area contributed by atoms with Gasteiger partial charge >= 0.3 is 5.76 Å². The predicted molar refractivity (Wildman–Crippen MR) is 72.9 cm³/mol. The van der Waals surface area contributed by atoms with Crippen LogP contribution in [0.25, 0.3) is 11.1 Å². The van der Waals surface area contributed by atoms with Gasteiger partial charge in [0, 0.05) is 18.8 Å². The van der Waals surface area contributed by atoms with E-state index >= 15 is 0 Å². The lowest BCUT2D eigenvalue weighted by atomic mass is 10.0. The van der Waals surface area contributed by atoms with Crippen molar-refractivity contribution in [3.05, 3.63) is 28.7 Å². The maximum Gasteiger partial charge on any atom is 0.419 e. The Labute approximate surface area is 110 Å². The molecule has 0 saturated heterocycles. The fraction of sp³-hybridized carbons (Fsp3) is 0.385. The lowest BCUT2D eigenvalue weighted by Gasteiger charge is -2.15. The molecule has 1 amide bonds. The van der Waals surface area contributed by atoms with Crippen LogP contribution in [0.15, 0.2) is 27.4 Å². The molecule has 0 aliphatic rings. The van der Waals surface area contributed by atoms with E-state index in [1.807, 2.05) is 0 Å². The van der Waals surface area contributed by atoms with Gasteiger partial charge in [-0.05, 0) is 25.1 Å². The van der Waals surface area contributed by atoms with E-state index in [0.29, 0.717) is 16.8 Å². The van der Waals surface area contributed by atoms with Crippen molar-refractivity contribution >= 4 is 22.7 Å². The SMILES string of the molecule is CC(N)C(C)C(=O)Nc1ccc2oc(=O)n(C)c2c1. The lowest BCUT2D eigenvalue weighted by molar-refractivity contribution is -0.119. The Bertz CT molecular complexity index is 669. The summed E-state index contributed by atoms with van der Waals surface area (Å²) in [5, 5.41) is 2.78. The minimum atomic E-state index is -0.428. The number of anilines is 1. The molecule has 1 aromatic carbocycles. The average Bonchev–Trinajstić information content (AvgIpc) is 2.64. The van der Waals surface area contributed by atoms with Crippen LogP contribution in [0.4, 0.5) is 5.69 Å². The maximum atomic E-state index is 11.9. The topological polar surface area (TPSA) is 90.3 Å². The predicted octanol–water partition coefficient (Wildman–Crippen LogP) is 1.05. The van der Waals surface area contributed by atoms with Crippen LogP contribution in [-0.4, -0.2) is 16.5 Å². The molecule has 2 unspecified atom stereocenters. The van der Waals surface area contributed by atoms with Gasteiger partial charge in [0.05, 0.1) is 11.4 Å². The minimum absolute atomic E-state index is 0.150. The molecule has 102 valence electrons. The van der Waals surface area contributed by atoms with Gasteiger partial charge in [0.2, 0.25) is 5.91 Å². The first-order valence-electron chi connectivity index (χ1n) is 6.06. The van der Waals surface area contributed by atoms with Crippen molar-refractivity contribution in [2.45, 2.75) is 19.9 Å². The number of oxazole rings is 1. The number of hydrogen-bond acceptors (Lipinski definition) is 4. The van der Waals surface area contributed by atoms with E-state index in [9.17, 15) is 9.59 Å². The molecule has 1 heterocycles. The molecule has 2 rings (SSSR count). The Morgan fingerprint density at radius 3 is 2.74 bits per heavy atom. The van der Waals surface area contributed by atoms with Crippen molar-refractivity contribution in [2.24, 2.45) is 18.7 Å². The minimum Gasteiger partial charge on any atom is -0.408 e. The number of carbonyl (C=O) groups is 1. The molecular weight excluding hydrogens is 246 g/mol. The molecule has 19 heavy (non-hydrogen) atoms. The number of fused-ring (bicyclic) bond motifs is 1. The first kappa shape index (κ1) is 13.4. The largest absolute Gasteiger partial charge is 0.419 e. The van der Waals surface area contributed by atoms with Gasteiger partial charge in [0.1, 0.15) is 0 Å². The fourth-order valence-corrected chi connectivity index (χ4v) is 1.70. The van der Waals surface area contributed by atoms with Gasteiger partial charge in [0.15, 0.2) is 5.58 Å². The molecule has 0 bridgehead atoms. The lowest BCUT2D eigenvalue weighted by Crippen LogP contribution is -2.34. The highest BCUT2D eigenvalue weighted by Gasteiger charge is 2.17. The fourth-order valence-electron chi connectivity index (χ4n) is 1.70. The first-order chi connectivity index (χ1) is 8.90. The number of carbonyl (C=O) groups excluding carboxylic acids is 1. The molecule has 2 atom stereocenters. The molecule has 0 saturated carbocycles. The van der Waals surface area contributed by atoms with Gasteiger partial charge < -0.3 is 15.5 Å². The van der Waals surface area contributed by atoms with E-state index in [1.54, 1.807) is 39.1 Å². The standard InChI is InChI=1S/C13H17N3O3/c1-7(8(2)14)12(17)15-9-4-5-11-10(6-9)16(3)13(18)19-11/h4-8H,14H2,1-3H3,(H,15,17). The zero-order chi connectivity index (χ0) is 14.2. The average molecular weight is 263 g/mol. The number of benzene rings is 1. The van der Waals surface area contributed by atoms with Crippen molar-refractivity contribution in [1.29, 1.82) is 0 Å². The van der Waals surface area contributed by atoms with Crippen molar-refractivity contribution < 1.29 is 9.21 Å². The summed E-state index contributed by atoms with van der Waals surface area (Å²) in [4.78, 5) is 23.3. The zero-order valence-electron chi connectivity index (χ0n) is 11.1. The molecule has 0 radical (unpaired) electrons. The Morgan fingerprint density at radius 1 is 1.42 bits per heavy atom.